The summed E-state index contributed by atoms with van der Waals surface area (Å²) in [7, 11) is 1.50. The van der Waals surface area contributed by atoms with Gasteiger partial charge in [0.2, 0.25) is 0 Å². The number of carbonyl (C=O) groups is 1. The van der Waals surface area contributed by atoms with Crippen molar-refractivity contribution in [2.24, 2.45) is 0 Å². The Morgan fingerprint density at radius 2 is 1.92 bits per heavy atom. The first kappa shape index (κ1) is 17.9. The second-order valence-electron chi connectivity index (χ2n) is 4.85. The van der Waals surface area contributed by atoms with Gasteiger partial charge in [-0.2, -0.15) is 5.26 Å². The van der Waals surface area contributed by atoms with Crippen molar-refractivity contribution < 1.29 is 14.3 Å². The van der Waals surface area contributed by atoms with Crippen molar-refractivity contribution >= 4 is 34.8 Å². The van der Waals surface area contributed by atoms with Crippen molar-refractivity contribution in [3.05, 3.63) is 52.0 Å². The van der Waals surface area contributed by atoms with Crippen LogP contribution in [0, 0.1) is 11.3 Å². The molecule has 0 bridgehead atoms. The average molecular weight is 365 g/mol. The lowest BCUT2D eigenvalue weighted by Crippen LogP contribution is -2.30. The van der Waals surface area contributed by atoms with Gasteiger partial charge in [-0.1, -0.05) is 23.2 Å². The molecular formula is C17H14Cl2N2O3. The number of benzene rings is 2. The number of hydrogen-bond acceptors (Lipinski definition) is 4. The molecule has 5 nitrogen and oxygen atoms in total. The highest BCUT2D eigenvalue weighted by Crippen LogP contribution is 2.29. The van der Waals surface area contributed by atoms with Crippen LogP contribution in [0.1, 0.15) is 12.5 Å². The molecular weight excluding hydrogens is 351 g/mol. The van der Waals surface area contributed by atoms with Gasteiger partial charge in [0, 0.05) is 5.02 Å². The van der Waals surface area contributed by atoms with Crippen LogP contribution in [0.3, 0.4) is 0 Å². The SMILES string of the molecule is COc1ccc(Cl)cc1NC(=O)[C@@H](C)Oc1ccc(C#N)cc1Cl. The van der Waals surface area contributed by atoms with Crippen LogP contribution in [0.2, 0.25) is 10.0 Å². The Hall–Kier alpha value is -2.42. The van der Waals surface area contributed by atoms with Gasteiger partial charge in [0.05, 0.1) is 29.5 Å². The van der Waals surface area contributed by atoms with E-state index in [2.05, 4.69) is 5.32 Å². The molecule has 0 fully saturated rings. The van der Waals surface area contributed by atoms with Crippen LogP contribution in [0.25, 0.3) is 0 Å². The second kappa shape index (κ2) is 7.91. The number of nitrogens with one attached hydrogen (secondary N) is 1. The Bertz CT molecular complexity index is 803. The molecule has 1 amide bonds. The quantitative estimate of drug-likeness (QED) is 0.859. The van der Waals surface area contributed by atoms with E-state index in [4.69, 9.17) is 37.9 Å². The van der Waals surface area contributed by atoms with Gasteiger partial charge in [-0.25, -0.2) is 0 Å². The zero-order valence-electron chi connectivity index (χ0n) is 13.0. The number of rotatable bonds is 5. The molecule has 0 aliphatic carbocycles. The zero-order valence-corrected chi connectivity index (χ0v) is 14.5. The van der Waals surface area contributed by atoms with E-state index in [0.717, 1.165) is 0 Å². The summed E-state index contributed by atoms with van der Waals surface area (Å²) in [6.45, 7) is 1.58. The highest BCUT2D eigenvalue weighted by atomic mass is 35.5. The van der Waals surface area contributed by atoms with Gasteiger partial charge >= 0.3 is 0 Å². The van der Waals surface area contributed by atoms with Crippen LogP contribution in [0.15, 0.2) is 36.4 Å². The Morgan fingerprint density at radius 3 is 2.54 bits per heavy atom. The molecule has 1 N–H and O–H groups in total. The van der Waals surface area contributed by atoms with Crippen molar-refractivity contribution in [1.82, 2.24) is 0 Å². The molecule has 2 rings (SSSR count). The van der Waals surface area contributed by atoms with Crippen molar-refractivity contribution in [2.45, 2.75) is 13.0 Å². The molecule has 0 radical (unpaired) electrons. The number of carbonyl (C=O) groups excluding carboxylic acids is 1. The fraction of sp³-hybridized carbons (Fsp3) is 0.176. The number of ether oxygens (including phenoxy) is 2. The Labute approximate surface area is 149 Å². The summed E-state index contributed by atoms with van der Waals surface area (Å²) in [6.07, 6.45) is -0.820. The second-order valence-corrected chi connectivity index (χ2v) is 5.69. The van der Waals surface area contributed by atoms with Crippen LogP contribution in [0.5, 0.6) is 11.5 Å². The van der Waals surface area contributed by atoms with Crippen LogP contribution < -0.4 is 14.8 Å². The smallest absolute Gasteiger partial charge is 0.265 e. The Kier molecular flexibility index (Phi) is 5.91. The zero-order chi connectivity index (χ0) is 17.7. The largest absolute Gasteiger partial charge is 0.495 e. The summed E-state index contributed by atoms with van der Waals surface area (Å²) in [5.41, 5.74) is 0.851. The van der Waals surface area contributed by atoms with Gasteiger partial charge < -0.3 is 14.8 Å². The third-order valence-corrected chi connectivity index (χ3v) is 3.68. The minimum absolute atomic E-state index is 0.258. The average Bonchev–Trinajstić information content (AvgIpc) is 2.56. The highest BCUT2D eigenvalue weighted by molar-refractivity contribution is 6.32. The number of amides is 1. The molecule has 0 heterocycles. The molecule has 0 spiro atoms. The number of anilines is 1. The van der Waals surface area contributed by atoms with Gasteiger partial charge in [-0.05, 0) is 43.3 Å². The normalized spacial score (nSPS) is 11.3. The molecule has 0 aromatic heterocycles. The molecule has 2 aromatic rings. The van der Waals surface area contributed by atoms with Crippen molar-refractivity contribution in [1.29, 1.82) is 5.26 Å². The van der Waals surface area contributed by atoms with Crippen LogP contribution in [-0.4, -0.2) is 19.1 Å². The van der Waals surface area contributed by atoms with E-state index in [1.165, 1.54) is 13.2 Å². The molecule has 24 heavy (non-hydrogen) atoms. The number of nitrogens with zero attached hydrogens (tertiary/aromatic N) is 1. The van der Waals surface area contributed by atoms with Crippen LogP contribution >= 0.6 is 23.2 Å². The Balaban J connectivity index is 2.10. The summed E-state index contributed by atoms with van der Waals surface area (Å²) < 4.78 is 10.7. The molecule has 0 saturated heterocycles. The predicted octanol–water partition coefficient (Wildman–Crippen LogP) is 4.28. The molecule has 7 heteroatoms. The van der Waals surface area contributed by atoms with E-state index in [-0.39, 0.29) is 5.02 Å². The van der Waals surface area contributed by atoms with Gasteiger partial charge in [0.1, 0.15) is 11.5 Å². The Morgan fingerprint density at radius 1 is 1.21 bits per heavy atom. The molecule has 0 aliphatic heterocycles. The number of nitriles is 1. The number of hydrogen-bond donors (Lipinski definition) is 1. The molecule has 0 saturated carbocycles. The number of methoxy groups -OCH3 is 1. The summed E-state index contributed by atoms with van der Waals surface area (Å²) in [5, 5.41) is 12.2. The molecule has 1 atom stereocenters. The van der Waals surface area contributed by atoms with Gasteiger partial charge in [-0.15, -0.1) is 0 Å². The number of halogens is 2. The summed E-state index contributed by atoms with van der Waals surface area (Å²) in [4.78, 5) is 12.3. The summed E-state index contributed by atoms with van der Waals surface area (Å²) in [5.74, 6) is 0.406. The molecule has 0 aliphatic rings. The van der Waals surface area contributed by atoms with E-state index in [0.29, 0.717) is 27.8 Å². The van der Waals surface area contributed by atoms with E-state index < -0.39 is 12.0 Å². The maximum atomic E-state index is 12.3. The fourth-order valence-corrected chi connectivity index (χ4v) is 2.32. The molecule has 0 unspecified atom stereocenters. The first-order valence-corrected chi connectivity index (χ1v) is 7.71. The maximum Gasteiger partial charge on any atom is 0.265 e. The summed E-state index contributed by atoms with van der Waals surface area (Å²) in [6, 6.07) is 11.5. The van der Waals surface area contributed by atoms with E-state index in [1.807, 2.05) is 6.07 Å². The monoisotopic (exact) mass is 364 g/mol. The fourth-order valence-electron chi connectivity index (χ4n) is 1.92. The van der Waals surface area contributed by atoms with E-state index in [1.54, 1.807) is 37.3 Å². The minimum atomic E-state index is -0.820. The maximum absolute atomic E-state index is 12.3. The van der Waals surface area contributed by atoms with Crippen molar-refractivity contribution in [2.75, 3.05) is 12.4 Å². The minimum Gasteiger partial charge on any atom is -0.495 e. The molecule has 124 valence electrons. The van der Waals surface area contributed by atoms with Gasteiger partial charge in [0.15, 0.2) is 6.10 Å². The highest BCUT2D eigenvalue weighted by Gasteiger charge is 2.18. The topological polar surface area (TPSA) is 71.3 Å². The lowest BCUT2D eigenvalue weighted by molar-refractivity contribution is -0.122. The van der Waals surface area contributed by atoms with E-state index >= 15 is 0 Å². The van der Waals surface area contributed by atoms with Gasteiger partial charge in [0.25, 0.3) is 5.91 Å². The van der Waals surface area contributed by atoms with Gasteiger partial charge in [-0.3, -0.25) is 4.79 Å². The lowest BCUT2D eigenvalue weighted by Gasteiger charge is -2.17. The van der Waals surface area contributed by atoms with Crippen molar-refractivity contribution in [3.63, 3.8) is 0 Å². The first-order chi connectivity index (χ1) is 11.4. The first-order valence-electron chi connectivity index (χ1n) is 6.95. The third kappa shape index (κ3) is 4.31. The van der Waals surface area contributed by atoms with Crippen LogP contribution in [0.4, 0.5) is 5.69 Å². The van der Waals surface area contributed by atoms with Crippen molar-refractivity contribution in [3.8, 4) is 17.6 Å². The van der Waals surface area contributed by atoms with E-state index in [9.17, 15) is 4.79 Å². The molecule has 2 aromatic carbocycles. The predicted molar refractivity (Wildman–Crippen MR) is 92.9 cm³/mol. The van der Waals surface area contributed by atoms with Crippen LogP contribution in [-0.2, 0) is 4.79 Å². The third-order valence-electron chi connectivity index (χ3n) is 3.15. The standard InChI is InChI=1S/C17H14Cl2N2O3/c1-10(24-15-5-3-11(9-20)7-13(15)19)17(22)21-14-8-12(18)4-6-16(14)23-2/h3-8,10H,1-2H3,(H,21,22)/t10-/m1/s1. The summed E-state index contributed by atoms with van der Waals surface area (Å²) >= 11 is 12.0. The lowest BCUT2D eigenvalue weighted by atomic mass is 10.2.